The lowest BCUT2D eigenvalue weighted by atomic mass is 10.2. The number of hydrogen-bond donors (Lipinski definition) is 2. The molecule has 0 heterocycles. The number of alkyl halides is 3. The van der Waals surface area contributed by atoms with Gasteiger partial charge in [-0.3, -0.25) is 4.79 Å². The Bertz CT molecular complexity index is 1340. The Kier molecular flexibility index (Phi) is 7.49. The standard InChI is InChI=1S/C24H21F3N2O5S/c1-15-3-8-20(29-23(31)28-19-9-6-18(7-10-19)24(25,26)27)13-22(15)35(32,33)14-17-4-11-21(12-5-17)34-16(2)30/h3-13H,14H2,1-2H3,(H2,28,29,31). The average Bonchev–Trinajstić information content (AvgIpc) is 2.75. The van der Waals surface area contributed by atoms with Gasteiger partial charge in [-0.05, 0) is 66.6 Å². The number of halogens is 3. The number of carbonyl (C=O) groups excluding carboxylic acids is 2. The number of urea groups is 1. The molecular formula is C24H21F3N2O5S. The fraction of sp³-hybridized carbons (Fsp3) is 0.167. The number of rotatable bonds is 6. The molecule has 0 aliphatic carbocycles. The van der Waals surface area contributed by atoms with E-state index >= 15 is 0 Å². The van der Waals surface area contributed by atoms with Crippen LogP contribution in [0.4, 0.5) is 29.3 Å². The van der Waals surface area contributed by atoms with Gasteiger partial charge in [0.1, 0.15) is 5.75 Å². The average molecular weight is 507 g/mol. The predicted molar refractivity (Wildman–Crippen MR) is 124 cm³/mol. The number of nitrogens with one attached hydrogen (secondary N) is 2. The zero-order valence-electron chi connectivity index (χ0n) is 18.6. The number of ether oxygens (including phenoxy) is 1. The van der Waals surface area contributed by atoms with Crippen molar-refractivity contribution in [1.82, 2.24) is 0 Å². The van der Waals surface area contributed by atoms with Gasteiger partial charge in [0, 0.05) is 18.3 Å². The Labute approximate surface area is 199 Å². The fourth-order valence-corrected chi connectivity index (χ4v) is 4.82. The molecule has 3 aromatic carbocycles. The summed E-state index contributed by atoms with van der Waals surface area (Å²) in [6.45, 7) is 2.87. The number of benzene rings is 3. The normalized spacial score (nSPS) is 11.6. The monoisotopic (exact) mass is 506 g/mol. The van der Waals surface area contributed by atoms with Gasteiger partial charge >= 0.3 is 18.2 Å². The Morgan fingerprint density at radius 3 is 2.03 bits per heavy atom. The molecule has 2 amide bonds. The van der Waals surface area contributed by atoms with E-state index < -0.39 is 33.6 Å². The highest BCUT2D eigenvalue weighted by Gasteiger charge is 2.30. The van der Waals surface area contributed by atoms with Crippen molar-refractivity contribution in [1.29, 1.82) is 0 Å². The molecule has 0 atom stereocenters. The number of amides is 2. The Morgan fingerprint density at radius 2 is 1.46 bits per heavy atom. The Balaban J connectivity index is 1.71. The van der Waals surface area contributed by atoms with E-state index in [0.29, 0.717) is 16.9 Å². The van der Waals surface area contributed by atoms with Crippen molar-refractivity contribution >= 4 is 33.2 Å². The summed E-state index contributed by atoms with van der Waals surface area (Å²) in [7, 11) is -3.80. The van der Waals surface area contributed by atoms with Crippen LogP contribution in [-0.4, -0.2) is 20.4 Å². The first-order valence-corrected chi connectivity index (χ1v) is 11.8. The van der Waals surface area contributed by atoms with Crippen molar-refractivity contribution < 1.29 is 35.9 Å². The topological polar surface area (TPSA) is 102 Å². The molecule has 3 rings (SSSR count). The largest absolute Gasteiger partial charge is 0.427 e. The van der Waals surface area contributed by atoms with Crippen molar-refractivity contribution in [2.45, 2.75) is 30.7 Å². The molecule has 0 radical (unpaired) electrons. The summed E-state index contributed by atoms with van der Waals surface area (Å²) in [4.78, 5) is 23.3. The van der Waals surface area contributed by atoms with E-state index in [1.165, 1.54) is 49.4 Å². The van der Waals surface area contributed by atoms with Crippen LogP contribution in [0.1, 0.15) is 23.6 Å². The molecule has 0 bridgehead atoms. The first-order chi connectivity index (χ1) is 16.3. The van der Waals surface area contributed by atoms with Crippen LogP contribution >= 0.6 is 0 Å². The van der Waals surface area contributed by atoms with Crippen LogP contribution in [0, 0.1) is 6.92 Å². The number of esters is 1. The van der Waals surface area contributed by atoms with E-state index in [1.807, 2.05) is 0 Å². The lowest BCUT2D eigenvalue weighted by Crippen LogP contribution is -2.20. The zero-order chi connectivity index (χ0) is 25.8. The van der Waals surface area contributed by atoms with E-state index in [9.17, 15) is 31.2 Å². The van der Waals surface area contributed by atoms with Crippen LogP contribution in [0.15, 0.2) is 71.6 Å². The molecule has 0 spiro atoms. The van der Waals surface area contributed by atoms with Gasteiger partial charge in [0.2, 0.25) is 0 Å². The first kappa shape index (κ1) is 25.8. The molecule has 0 aliphatic heterocycles. The molecule has 0 aliphatic rings. The summed E-state index contributed by atoms with van der Waals surface area (Å²) < 4.78 is 69.0. The maximum absolute atomic E-state index is 13.0. The fourth-order valence-electron chi connectivity index (χ4n) is 3.17. The number of hydrogen-bond acceptors (Lipinski definition) is 5. The van der Waals surface area contributed by atoms with Gasteiger partial charge in [0.25, 0.3) is 0 Å². The highest BCUT2D eigenvalue weighted by molar-refractivity contribution is 7.90. The van der Waals surface area contributed by atoms with Gasteiger partial charge in [-0.2, -0.15) is 13.2 Å². The first-order valence-electron chi connectivity index (χ1n) is 10.2. The summed E-state index contributed by atoms with van der Waals surface area (Å²) in [5.74, 6) is -0.525. The Hall–Kier alpha value is -3.86. The maximum atomic E-state index is 13.0. The molecule has 11 heteroatoms. The van der Waals surface area contributed by atoms with Crippen molar-refractivity contribution in [2.24, 2.45) is 0 Å². The van der Waals surface area contributed by atoms with E-state index in [4.69, 9.17) is 4.74 Å². The summed E-state index contributed by atoms with van der Waals surface area (Å²) in [5.41, 5.74) is 0.406. The highest BCUT2D eigenvalue weighted by Crippen LogP contribution is 2.30. The third-order valence-corrected chi connectivity index (χ3v) is 6.62. The van der Waals surface area contributed by atoms with E-state index in [-0.39, 0.29) is 22.0 Å². The minimum Gasteiger partial charge on any atom is -0.427 e. The summed E-state index contributed by atoms with van der Waals surface area (Å²) >= 11 is 0. The summed E-state index contributed by atoms with van der Waals surface area (Å²) in [6, 6.07) is 13.5. The summed E-state index contributed by atoms with van der Waals surface area (Å²) in [5, 5.41) is 4.88. The van der Waals surface area contributed by atoms with Crippen LogP contribution in [0.2, 0.25) is 0 Å². The van der Waals surface area contributed by atoms with Gasteiger partial charge in [-0.25, -0.2) is 13.2 Å². The number of carbonyl (C=O) groups is 2. The predicted octanol–water partition coefficient (Wildman–Crippen LogP) is 5.56. The van der Waals surface area contributed by atoms with Crippen LogP contribution in [0.25, 0.3) is 0 Å². The SMILES string of the molecule is CC(=O)Oc1ccc(CS(=O)(=O)c2cc(NC(=O)Nc3ccc(C(F)(F)F)cc3)ccc2C)cc1. The lowest BCUT2D eigenvalue weighted by molar-refractivity contribution is -0.137. The quantitative estimate of drug-likeness (QED) is 0.337. The zero-order valence-corrected chi connectivity index (χ0v) is 19.5. The van der Waals surface area contributed by atoms with Crippen LogP contribution in [-0.2, 0) is 26.6 Å². The minimum atomic E-state index is -4.49. The van der Waals surface area contributed by atoms with Crippen LogP contribution < -0.4 is 15.4 Å². The van der Waals surface area contributed by atoms with E-state index in [0.717, 1.165) is 24.3 Å². The van der Waals surface area contributed by atoms with Gasteiger partial charge in [-0.15, -0.1) is 0 Å². The van der Waals surface area contributed by atoms with Gasteiger partial charge < -0.3 is 15.4 Å². The molecular weight excluding hydrogens is 485 g/mol. The lowest BCUT2D eigenvalue weighted by Gasteiger charge is -2.13. The molecule has 0 saturated heterocycles. The van der Waals surface area contributed by atoms with Crippen molar-refractivity contribution in [3.63, 3.8) is 0 Å². The second kappa shape index (κ2) is 10.2. The molecule has 0 fully saturated rings. The van der Waals surface area contributed by atoms with Gasteiger partial charge in [0.05, 0.1) is 16.2 Å². The molecule has 0 unspecified atom stereocenters. The molecule has 7 nitrogen and oxygen atoms in total. The molecule has 0 saturated carbocycles. The van der Waals surface area contributed by atoms with Crippen molar-refractivity contribution in [3.8, 4) is 5.75 Å². The number of anilines is 2. The molecule has 3 aromatic rings. The van der Waals surface area contributed by atoms with Crippen molar-refractivity contribution in [3.05, 3.63) is 83.4 Å². The third-order valence-electron chi connectivity index (χ3n) is 4.79. The van der Waals surface area contributed by atoms with Crippen LogP contribution in [0.3, 0.4) is 0 Å². The highest BCUT2D eigenvalue weighted by atomic mass is 32.2. The molecule has 0 aromatic heterocycles. The molecule has 2 N–H and O–H groups in total. The maximum Gasteiger partial charge on any atom is 0.416 e. The molecule has 35 heavy (non-hydrogen) atoms. The van der Waals surface area contributed by atoms with Gasteiger partial charge in [0.15, 0.2) is 9.84 Å². The number of sulfone groups is 1. The smallest absolute Gasteiger partial charge is 0.416 e. The summed E-state index contributed by atoms with van der Waals surface area (Å²) in [6.07, 6.45) is -4.49. The van der Waals surface area contributed by atoms with Crippen LogP contribution in [0.5, 0.6) is 5.75 Å². The second-order valence-corrected chi connectivity index (χ2v) is 9.59. The second-order valence-electron chi connectivity index (χ2n) is 7.63. The molecule has 184 valence electrons. The van der Waals surface area contributed by atoms with E-state index in [1.54, 1.807) is 6.92 Å². The number of aryl methyl sites for hydroxylation is 1. The minimum absolute atomic E-state index is 0.00823. The van der Waals surface area contributed by atoms with Crippen molar-refractivity contribution in [2.75, 3.05) is 10.6 Å². The van der Waals surface area contributed by atoms with Gasteiger partial charge in [-0.1, -0.05) is 18.2 Å². The third kappa shape index (κ3) is 7.06. The Morgan fingerprint density at radius 1 is 0.886 bits per heavy atom. The van der Waals surface area contributed by atoms with E-state index in [2.05, 4.69) is 10.6 Å².